The van der Waals surface area contributed by atoms with Crippen LogP contribution in [0.25, 0.3) is 0 Å². The summed E-state index contributed by atoms with van der Waals surface area (Å²) < 4.78 is 0. The number of nitrogens with two attached hydrogens (primary N) is 1. The maximum absolute atomic E-state index is 10.8. The van der Waals surface area contributed by atoms with Gasteiger partial charge in [-0.15, -0.1) is 11.8 Å². The van der Waals surface area contributed by atoms with Crippen LogP contribution < -0.4 is 5.73 Å². The van der Waals surface area contributed by atoms with Crippen LogP contribution in [0.3, 0.4) is 0 Å². The molecule has 0 aliphatic carbocycles. The molecule has 0 unspecified atom stereocenters. The number of nitrogen functional groups attached to an aromatic ring is 1. The number of halogens is 1. The highest BCUT2D eigenvalue weighted by atomic mass is 35.5. The second-order valence-electron chi connectivity index (χ2n) is 3.79. The Kier molecular flexibility index (Phi) is 4.29. The second-order valence-corrected chi connectivity index (χ2v) is 5.25. The van der Waals surface area contributed by atoms with E-state index < -0.39 is 5.97 Å². The topological polar surface area (TPSA) is 76.2 Å². The Morgan fingerprint density at radius 3 is 2.84 bits per heavy atom. The maximum Gasteiger partial charge on any atom is 0.354 e. The monoisotopic (exact) mass is 294 g/mol. The number of nitrogens with zero attached hydrogens (tertiary/aromatic N) is 1. The molecule has 0 fully saturated rings. The minimum Gasteiger partial charge on any atom is -0.477 e. The van der Waals surface area contributed by atoms with Gasteiger partial charge in [-0.1, -0.05) is 17.7 Å². The van der Waals surface area contributed by atoms with Gasteiger partial charge in [-0.25, -0.2) is 9.78 Å². The van der Waals surface area contributed by atoms with Crippen molar-refractivity contribution in [3.8, 4) is 0 Å². The average molecular weight is 295 g/mol. The largest absolute Gasteiger partial charge is 0.477 e. The number of thioether (sulfide) groups is 1. The maximum atomic E-state index is 10.8. The number of hydrogen-bond donors (Lipinski definition) is 2. The van der Waals surface area contributed by atoms with Crippen LogP contribution in [0.15, 0.2) is 41.3 Å². The van der Waals surface area contributed by atoms with Crippen LogP contribution in [-0.4, -0.2) is 16.1 Å². The number of carboxylic acids is 1. The highest BCUT2D eigenvalue weighted by molar-refractivity contribution is 7.98. The van der Waals surface area contributed by atoms with Gasteiger partial charge in [0.15, 0.2) is 0 Å². The molecule has 3 N–H and O–H groups in total. The minimum absolute atomic E-state index is 0.0495. The lowest BCUT2D eigenvalue weighted by atomic mass is 10.3. The van der Waals surface area contributed by atoms with Crippen LogP contribution in [-0.2, 0) is 5.75 Å². The zero-order chi connectivity index (χ0) is 13.8. The van der Waals surface area contributed by atoms with Gasteiger partial charge in [0.1, 0.15) is 5.69 Å². The molecule has 0 bridgehead atoms. The van der Waals surface area contributed by atoms with Gasteiger partial charge in [0.05, 0.1) is 16.4 Å². The fraction of sp³-hybridized carbons (Fsp3) is 0.0769. The molecule has 0 amide bonds. The summed E-state index contributed by atoms with van der Waals surface area (Å²) in [4.78, 5) is 15.8. The van der Waals surface area contributed by atoms with Crippen molar-refractivity contribution in [3.05, 3.63) is 52.8 Å². The van der Waals surface area contributed by atoms with Gasteiger partial charge < -0.3 is 10.8 Å². The smallest absolute Gasteiger partial charge is 0.354 e. The lowest BCUT2D eigenvalue weighted by Gasteiger charge is -2.04. The van der Waals surface area contributed by atoms with Gasteiger partial charge in [-0.2, -0.15) is 0 Å². The van der Waals surface area contributed by atoms with Crippen molar-refractivity contribution in [3.63, 3.8) is 0 Å². The van der Waals surface area contributed by atoms with Crippen molar-refractivity contribution in [2.75, 3.05) is 5.73 Å². The average Bonchev–Trinajstić information content (AvgIpc) is 2.40. The fourth-order valence-electron chi connectivity index (χ4n) is 1.43. The number of aromatic nitrogens is 1. The third-order valence-corrected chi connectivity index (χ3v) is 3.74. The molecular formula is C13H11ClN2O2S. The zero-order valence-electron chi connectivity index (χ0n) is 9.84. The lowest BCUT2D eigenvalue weighted by Crippen LogP contribution is -2.01. The number of benzene rings is 1. The Labute approximate surface area is 119 Å². The predicted molar refractivity (Wildman–Crippen MR) is 76.6 cm³/mol. The molecule has 4 nitrogen and oxygen atoms in total. The molecule has 1 heterocycles. The van der Waals surface area contributed by atoms with E-state index in [-0.39, 0.29) is 5.69 Å². The molecule has 0 aliphatic heterocycles. The number of aromatic carboxylic acids is 1. The summed E-state index contributed by atoms with van der Waals surface area (Å²) in [5.41, 5.74) is 6.93. The van der Waals surface area contributed by atoms with Crippen LogP contribution in [0.5, 0.6) is 0 Å². The SMILES string of the molecule is Nc1ccc(SCc2cccc(C(=O)O)n2)cc1Cl. The van der Waals surface area contributed by atoms with Crippen molar-refractivity contribution >= 4 is 35.0 Å². The lowest BCUT2D eigenvalue weighted by molar-refractivity contribution is 0.0690. The highest BCUT2D eigenvalue weighted by Gasteiger charge is 2.06. The number of hydrogen-bond acceptors (Lipinski definition) is 4. The normalized spacial score (nSPS) is 10.4. The number of carboxylic acid groups (broad SMARTS) is 1. The van der Waals surface area contributed by atoms with E-state index in [0.717, 1.165) is 4.90 Å². The Bertz CT molecular complexity index is 619. The van der Waals surface area contributed by atoms with E-state index >= 15 is 0 Å². The summed E-state index contributed by atoms with van der Waals surface area (Å²) in [7, 11) is 0. The molecule has 2 aromatic rings. The molecule has 1 aromatic heterocycles. The van der Waals surface area contributed by atoms with Crippen LogP contribution in [0.2, 0.25) is 5.02 Å². The Hall–Kier alpha value is -1.72. The van der Waals surface area contributed by atoms with Gasteiger partial charge in [0.2, 0.25) is 0 Å². The molecule has 0 saturated carbocycles. The van der Waals surface area contributed by atoms with E-state index in [1.807, 2.05) is 6.07 Å². The molecule has 0 aliphatic rings. The van der Waals surface area contributed by atoms with E-state index in [9.17, 15) is 4.79 Å². The van der Waals surface area contributed by atoms with Crippen LogP contribution in [0.1, 0.15) is 16.2 Å². The first-order chi connectivity index (χ1) is 9.06. The van der Waals surface area contributed by atoms with Crippen molar-refractivity contribution in [1.29, 1.82) is 0 Å². The van der Waals surface area contributed by atoms with E-state index in [1.165, 1.54) is 17.8 Å². The molecular weight excluding hydrogens is 284 g/mol. The molecule has 2 rings (SSSR count). The molecule has 6 heteroatoms. The zero-order valence-corrected chi connectivity index (χ0v) is 11.4. The van der Waals surface area contributed by atoms with E-state index in [4.69, 9.17) is 22.4 Å². The molecule has 0 saturated heterocycles. The number of carbonyl (C=O) groups is 1. The standard InChI is InChI=1S/C13H11ClN2O2S/c14-10-6-9(4-5-11(10)15)19-7-8-2-1-3-12(16-8)13(17)18/h1-6H,7,15H2,(H,17,18). The van der Waals surface area contributed by atoms with Crippen molar-refractivity contribution < 1.29 is 9.90 Å². The molecule has 0 radical (unpaired) electrons. The summed E-state index contributed by atoms with van der Waals surface area (Å²) in [6.07, 6.45) is 0. The summed E-state index contributed by atoms with van der Waals surface area (Å²) in [5.74, 6) is -0.455. The molecule has 1 aromatic carbocycles. The Morgan fingerprint density at radius 1 is 1.37 bits per heavy atom. The van der Waals surface area contributed by atoms with Crippen molar-refractivity contribution in [2.24, 2.45) is 0 Å². The highest BCUT2D eigenvalue weighted by Crippen LogP contribution is 2.28. The van der Waals surface area contributed by atoms with Gasteiger partial charge in [-0.3, -0.25) is 0 Å². The molecule has 98 valence electrons. The Morgan fingerprint density at radius 2 is 2.16 bits per heavy atom. The second kappa shape index (κ2) is 5.95. The van der Waals surface area contributed by atoms with E-state index in [0.29, 0.717) is 22.2 Å². The number of rotatable bonds is 4. The quantitative estimate of drug-likeness (QED) is 0.668. The van der Waals surface area contributed by atoms with Crippen molar-refractivity contribution in [1.82, 2.24) is 4.98 Å². The summed E-state index contributed by atoms with van der Waals surface area (Å²) >= 11 is 7.45. The van der Waals surface area contributed by atoms with Gasteiger partial charge in [0.25, 0.3) is 0 Å². The molecule has 19 heavy (non-hydrogen) atoms. The van der Waals surface area contributed by atoms with E-state index in [1.54, 1.807) is 24.3 Å². The Balaban J connectivity index is 2.07. The first-order valence-electron chi connectivity index (χ1n) is 5.43. The summed E-state index contributed by atoms with van der Waals surface area (Å²) in [6, 6.07) is 10.3. The van der Waals surface area contributed by atoms with Gasteiger partial charge in [-0.05, 0) is 30.3 Å². The number of anilines is 1. The van der Waals surface area contributed by atoms with Crippen LogP contribution in [0.4, 0.5) is 5.69 Å². The summed E-state index contributed by atoms with van der Waals surface area (Å²) in [5, 5.41) is 9.37. The van der Waals surface area contributed by atoms with Gasteiger partial charge in [0, 0.05) is 10.6 Å². The molecule has 0 atom stereocenters. The van der Waals surface area contributed by atoms with Crippen molar-refractivity contribution in [2.45, 2.75) is 10.6 Å². The van der Waals surface area contributed by atoms with Crippen LogP contribution in [0, 0.1) is 0 Å². The van der Waals surface area contributed by atoms with Gasteiger partial charge >= 0.3 is 5.97 Å². The minimum atomic E-state index is -1.03. The van der Waals surface area contributed by atoms with Crippen LogP contribution >= 0.6 is 23.4 Å². The number of pyridine rings is 1. The summed E-state index contributed by atoms with van der Waals surface area (Å²) in [6.45, 7) is 0. The first kappa shape index (κ1) is 13.7. The molecule has 0 spiro atoms. The fourth-order valence-corrected chi connectivity index (χ4v) is 2.52. The van der Waals surface area contributed by atoms with E-state index in [2.05, 4.69) is 4.98 Å². The predicted octanol–water partition coefficient (Wildman–Crippen LogP) is 3.31. The third-order valence-electron chi connectivity index (χ3n) is 2.38. The third kappa shape index (κ3) is 3.62. The first-order valence-corrected chi connectivity index (χ1v) is 6.79.